The highest BCUT2D eigenvalue weighted by Crippen LogP contribution is 2.44. The van der Waals surface area contributed by atoms with Crippen LogP contribution in [0, 0.1) is 23.7 Å². The Morgan fingerprint density at radius 1 is 0.678 bits per heavy atom. The van der Waals surface area contributed by atoms with E-state index in [-0.39, 0.29) is 24.5 Å². The number of rotatable bonds is 8. The number of aromatic nitrogens is 2. The van der Waals surface area contributed by atoms with Crippen LogP contribution in [0.4, 0.5) is 0 Å². The average Bonchev–Trinajstić information content (AvgIpc) is 3.21. The van der Waals surface area contributed by atoms with Gasteiger partial charge in [-0.1, -0.05) is 12.2 Å². The zero-order chi connectivity index (χ0) is 42.4. The quantitative estimate of drug-likeness (QED) is 0.0865. The van der Waals surface area contributed by atoms with Gasteiger partial charge >= 0.3 is 15.6 Å². The standard InChI is InChI=1S/2C20H24N2O2.ClH.2H3O4P/c2*1-3-13-12-22-9-7-14(13)10-19(22)20(23)16-6-8-21-18-5-4-15(24-2)11-17(16)18;;2*1-5(2,3)4/h2*3-6,8,11,13-14,19-20,23H,1,7,9-10,12H2,2H3;1H;2*(H3,1,2,3,4)/t2*13-,14-,19-,20+;;;/m00.../s1. The van der Waals surface area contributed by atoms with Gasteiger partial charge in [0.1, 0.15) is 11.5 Å². The number of aliphatic hydroxyl groups excluding tert-OH is 2. The highest BCUT2D eigenvalue weighted by Gasteiger charge is 2.43. The summed E-state index contributed by atoms with van der Waals surface area (Å²) >= 11 is 0. The lowest BCUT2D eigenvalue weighted by Gasteiger charge is -2.50. The lowest BCUT2D eigenvalue weighted by molar-refractivity contribution is -0.0445. The molecule has 19 heteroatoms. The van der Waals surface area contributed by atoms with E-state index in [4.69, 9.17) is 48.0 Å². The molecule has 0 radical (unpaired) electrons. The van der Waals surface area contributed by atoms with Gasteiger partial charge in [-0.05, 0) is 122 Å². The molecule has 6 aliphatic heterocycles. The Morgan fingerprint density at radius 3 is 1.32 bits per heavy atom. The summed E-state index contributed by atoms with van der Waals surface area (Å²) in [4.78, 5) is 56.8. The molecule has 4 aromatic rings. The SMILES string of the molecule is C=C[C@H]1CN2CC[C@H]1C[C@H]2[C@H](O)c1ccnc2ccc(OC)cc12.C=C[C@H]1CN2CC[C@H]1C[C@H]2[C@H](O)c1ccnc2ccc(OC)cc12.Cl.O=P(O)(O)O.O=P(O)(O)O. The Bertz CT molecular complexity index is 1970. The van der Waals surface area contributed by atoms with E-state index in [9.17, 15) is 10.2 Å². The second-order valence-corrected chi connectivity index (χ2v) is 17.0. The average molecular weight is 881 g/mol. The van der Waals surface area contributed by atoms with Gasteiger partial charge < -0.3 is 49.0 Å². The van der Waals surface area contributed by atoms with E-state index in [1.54, 1.807) is 26.6 Å². The lowest BCUT2D eigenvalue weighted by atomic mass is 9.73. The molecule has 0 amide bonds. The van der Waals surface area contributed by atoms with E-state index in [0.717, 1.165) is 83.5 Å². The van der Waals surface area contributed by atoms with Crippen LogP contribution >= 0.6 is 28.1 Å². The van der Waals surface area contributed by atoms with Gasteiger partial charge in [-0.25, -0.2) is 9.13 Å². The van der Waals surface area contributed by atoms with Crippen LogP contribution in [0.25, 0.3) is 21.8 Å². The molecule has 16 nitrogen and oxygen atoms in total. The first-order valence-electron chi connectivity index (χ1n) is 18.9. The summed E-state index contributed by atoms with van der Waals surface area (Å²) in [6, 6.07) is 15.9. The van der Waals surface area contributed by atoms with Crippen molar-refractivity contribution in [2.24, 2.45) is 23.7 Å². The third kappa shape index (κ3) is 12.9. The first-order valence-corrected chi connectivity index (χ1v) is 22.1. The van der Waals surface area contributed by atoms with Crippen molar-refractivity contribution in [3.8, 4) is 11.5 Å². The normalized spacial score (nSPS) is 26.6. The molecule has 6 saturated heterocycles. The van der Waals surface area contributed by atoms with Crippen molar-refractivity contribution in [3.05, 3.63) is 97.4 Å². The third-order valence-electron chi connectivity index (χ3n) is 11.6. The summed E-state index contributed by atoms with van der Waals surface area (Å²) in [6.45, 7) is 12.1. The summed E-state index contributed by atoms with van der Waals surface area (Å²) < 4.78 is 28.5. The lowest BCUT2D eigenvalue weighted by Crippen LogP contribution is -2.54. The highest BCUT2D eigenvalue weighted by atomic mass is 35.5. The van der Waals surface area contributed by atoms with E-state index in [0.29, 0.717) is 23.7 Å². The van der Waals surface area contributed by atoms with Gasteiger partial charge in [0.05, 0.1) is 37.5 Å². The maximum atomic E-state index is 11.2. The number of piperidine rings is 6. The topological polar surface area (TPSA) is 247 Å². The largest absolute Gasteiger partial charge is 0.497 e. The molecular weight excluding hydrogens is 826 g/mol. The Kier molecular flexibility index (Phi) is 17.2. The number of benzene rings is 2. The van der Waals surface area contributed by atoms with Gasteiger partial charge in [0.15, 0.2) is 0 Å². The molecule has 10 rings (SSSR count). The molecule has 59 heavy (non-hydrogen) atoms. The minimum atomic E-state index is -4.64. The molecule has 2 aromatic heterocycles. The van der Waals surface area contributed by atoms with E-state index >= 15 is 0 Å². The minimum Gasteiger partial charge on any atom is -0.497 e. The number of nitrogens with zero attached hydrogens (tertiary/aromatic N) is 4. The zero-order valence-electron chi connectivity index (χ0n) is 32.9. The number of hydrogen-bond acceptors (Lipinski definition) is 10. The number of pyridine rings is 2. The maximum Gasteiger partial charge on any atom is 0.466 e. The van der Waals surface area contributed by atoms with Crippen LogP contribution < -0.4 is 9.47 Å². The Labute approximate surface area is 349 Å². The minimum absolute atomic E-state index is 0. The van der Waals surface area contributed by atoms with Gasteiger partial charge in [0.2, 0.25) is 0 Å². The van der Waals surface area contributed by atoms with Gasteiger partial charge in [0, 0.05) is 48.3 Å². The number of methoxy groups -OCH3 is 2. The molecule has 8 heterocycles. The van der Waals surface area contributed by atoms with Gasteiger partial charge in [-0.3, -0.25) is 19.8 Å². The van der Waals surface area contributed by atoms with Crippen molar-refractivity contribution < 1.29 is 58.2 Å². The second kappa shape index (κ2) is 21.0. The molecule has 6 aliphatic rings. The number of hydrogen-bond donors (Lipinski definition) is 8. The number of phosphoric acid groups is 2. The summed E-state index contributed by atoms with van der Waals surface area (Å²) in [5, 5.41) is 24.3. The van der Waals surface area contributed by atoms with Crippen LogP contribution in [-0.4, -0.2) is 112 Å². The highest BCUT2D eigenvalue weighted by molar-refractivity contribution is 7.45. The van der Waals surface area contributed by atoms with Crippen molar-refractivity contribution in [1.29, 1.82) is 0 Å². The van der Waals surface area contributed by atoms with Crippen molar-refractivity contribution >= 4 is 49.9 Å². The fourth-order valence-electron chi connectivity index (χ4n) is 8.89. The number of ether oxygens (including phenoxy) is 2. The third-order valence-corrected chi connectivity index (χ3v) is 11.6. The predicted molar refractivity (Wildman–Crippen MR) is 226 cm³/mol. The Morgan fingerprint density at radius 2 is 1.03 bits per heavy atom. The first kappa shape index (κ1) is 48.4. The summed E-state index contributed by atoms with van der Waals surface area (Å²) in [6.07, 6.45) is 11.2. The summed E-state index contributed by atoms with van der Waals surface area (Å²) in [5.74, 6) is 4.01. The van der Waals surface area contributed by atoms with Crippen LogP contribution in [0.2, 0.25) is 0 Å². The molecular formula is C40H55ClN4O12P2. The van der Waals surface area contributed by atoms with Crippen LogP contribution in [0.15, 0.2) is 86.2 Å². The first-order chi connectivity index (χ1) is 27.4. The zero-order valence-corrected chi connectivity index (χ0v) is 35.5. The summed E-state index contributed by atoms with van der Waals surface area (Å²) in [5.41, 5.74) is 3.69. The fourth-order valence-corrected chi connectivity index (χ4v) is 8.89. The predicted octanol–water partition coefficient (Wildman–Crippen LogP) is 4.91. The van der Waals surface area contributed by atoms with Crippen LogP contribution in [0.5, 0.6) is 11.5 Å². The molecule has 4 bridgehead atoms. The van der Waals surface area contributed by atoms with E-state index < -0.39 is 27.9 Å². The molecule has 0 saturated carbocycles. The van der Waals surface area contributed by atoms with Crippen LogP contribution in [-0.2, 0) is 9.13 Å². The van der Waals surface area contributed by atoms with E-state index in [1.165, 1.54) is 12.8 Å². The molecule has 0 spiro atoms. The number of fused-ring (bicyclic) bond motifs is 8. The molecule has 0 aliphatic carbocycles. The van der Waals surface area contributed by atoms with Crippen LogP contribution in [0.1, 0.15) is 49.0 Å². The Hall–Kier alpha value is -3.31. The molecule has 2 unspecified atom stereocenters. The van der Waals surface area contributed by atoms with Crippen molar-refractivity contribution in [1.82, 2.24) is 19.8 Å². The molecule has 10 atom stereocenters. The molecule has 6 fully saturated rings. The van der Waals surface area contributed by atoms with Crippen molar-refractivity contribution in [2.45, 2.75) is 50.0 Å². The Balaban J connectivity index is 0.000000210. The molecule has 324 valence electrons. The number of aliphatic hydroxyl groups is 2. The fraction of sp³-hybridized carbons (Fsp3) is 0.450. The smallest absolute Gasteiger partial charge is 0.466 e. The summed E-state index contributed by atoms with van der Waals surface area (Å²) in [7, 11) is -5.95. The van der Waals surface area contributed by atoms with Gasteiger partial charge in [0.25, 0.3) is 0 Å². The monoisotopic (exact) mass is 880 g/mol. The second-order valence-electron chi connectivity index (χ2n) is 15.0. The van der Waals surface area contributed by atoms with Gasteiger partial charge in [-0.15, -0.1) is 25.6 Å². The number of halogens is 1. The van der Waals surface area contributed by atoms with Crippen LogP contribution in [0.3, 0.4) is 0 Å². The molecule has 8 N–H and O–H groups in total. The van der Waals surface area contributed by atoms with E-state index in [1.807, 2.05) is 48.5 Å². The van der Waals surface area contributed by atoms with Crippen molar-refractivity contribution in [2.75, 3.05) is 40.4 Å². The van der Waals surface area contributed by atoms with Gasteiger partial charge in [-0.2, -0.15) is 0 Å². The van der Waals surface area contributed by atoms with E-state index in [2.05, 4.69) is 45.1 Å². The molecule has 2 aromatic carbocycles. The van der Waals surface area contributed by atoms with Crippen molar-refractivity contribution in [3.63, 3.8) is 0 Å². The maximum absolute atomic E-state index is 11.2.